The van der Waals surface area contributed by atoms with Gasteiger partial charge in [-0.1, -0.05) is 18.7 Å². The number of benzene rings is 1. The monoisotopic (exact) mass is 240 g/mol. The predicted molar refractivity (Wildman–Crippen MR) is 69.9 cm³/mol. The number of carbonyl (C=O) groups is 1. The molecular weight excluding hydrogens is 224 g/mol. The molecule has 0 aliphatic carbocycles. The van der Waals surface area contributed by atoms with E-state index in [1.165, 1.54) is 11.6 Å². The molecule has 0 N–H and O–H groups in total. The fourth-order valence-corrected chi connectivity index (χ4v) is 2.39. The van der Waals surface area contributed by atoms with E-state index < -0.39 is 0 Å². The van der Waals surface area contributed by atoms with Crippen LogP contribution in [0.25, 0.3) is 0 Å². The van der Waals surface area contributed by atoms with Crippen molar-refractivity contribution < 1.29 is 4.79 Å². The summed E-state index contributed by atoms with van der Waals surface area (Å²) in [7, 11) is 0. The molecule has 1 aromatic rings. The highest BCUT2D eigenvalue weighted by Gasteiger charge is 2.22. The van der Waals surface area contributed by atoms with E-state index in [0.29, 0.717) is 11.5 Å². The van der Waals surface area contributed by atoms with Crippen molar-refractivity contribution in [2.24, 2.45) is 0 Å². The first-order chi connectivity index (χ1) is 8.74. The van der Waals surface area contributed by atoms with Gasteiger partial charge in [-0.15, -0.1) is 0 Å². The molecule has 0 spiro atoms. The summed E-state index contributed by atoms with van der Waals surface area (Å²) in [6.07, 6.45) is 3.33. The maximum Gasteiger partial charge on any atom is 0.245 e. The van der Waals surface area contributed by atoms with Gasteiger partial charge in [0.1, 0.15) is 0 Å². The van der Waals surface area contributed by atoms with Gasteiger partial charge < -0.3 is 4.90 Å². The largest absolute Gasteiger partial charge is 0.339 e. The molecule has 1 fully saturated rings. The van der Waals surface area contributed by atoms with Crippen LogP contribution in [0.15, 0.2) is 36.9 Å². The highest BCUT2D eigenvalue weighted by Crippen LogP contribution is 2.28. The molecule has 2 rings (SSSR count). The van der Waals surface area contributed by atoms with Crippen LogP contribution in [0.3, 0.4) is 0 Å². The average molecular weight is 240 g/mol. The third-order valence-corrected chi connectivity index (χ3v) is 3.49. The summed E-state index contributed by atoms with van der Waals surface area (Å²) >= 11 is 0. The third kappa shape index (κ3) is 2.60. The van der Waals surface area contributed by atoms with Crippen LogP contribution in [-0.2, 0) is 4.79 Å². The van der Waals surface area contributed by atoms with Gasteiger partial charge in [-0.25, -0.2) is 0 Å². The van der Waals surface area contributed by atoms with Crippen LogP contribution in [0.5, 0.6) is 0 Å². The first-order valence-corrected chi connectivity index (χ1v) is 6.16. The van der Waals surface area contributed by atoms with Gasteiger partial charge >= 0.3 is 0 Å². The highest BCUT2D eigenvalue weighted by molar-refractivity contribution is 5.87. The van der Waals surface area contributed by atoms with E-state index in [2.05, 4.69) is 12.6 Å². The molecule has 3 heteroatoms. The molecule has 3 nitrogen and oxygen atoms in total. The van der Waals surface area contributed by atoms with E-state index >= 15 is 0 Å². The van der Waals surface area contributed by atoms with Crippen molar-refractivity contribution in [3.05, 3.63) is 48.0 Å². The van der Waals surface area contributed by atoms with Crippen molar-refractivity contribution in [1.82, 2.24) is 4.90 Å². The second-order valence-electron chi connectivity index (χ2n) is 4.54. The molecule has 0 bridgehead atoms. The molecule has 92 valence electrons. The smallest absolute Gasteiger partial charge is 0.245 e. The zero-order valence-electron chi connectivity index (χ0n) is 10.3. The maximum absolute atomic E-state index is 11.5. The molecule has 0 aromatic heterocycles. The second-order valence-corrected chi connectivity index (χ2v) is 4.54. The van der Waals surface area contributed by atoms with Gasteiger partial charge in [-0.3, -0.25) is 4.79 Å². The van der Waals surface area contributed by atoms with Gasteiger partial charge in [-0.2, -0.15) is 5.26 Å². The molecule has 0 atom stereocenters. The summed E-state index contributed by atoms with van der Waals surface area (Å²) in [6.45, 7) is 5.08. The SMILES string of the molecule is C=CC(=O)N1CCC(c2ccc(C#N)cc2)CC1. The van der Waals surface area contributed by atoms with E-state index in [9.17, 15) is 4.79 Å². The average Bonchev–Trinajstić information content (AvgIpc) is 2.47. The van der Waals surface area contributed by atoms with Gasteiger partial charge in [0.05, 0.1) is 11.6 Å². The molecule has 1 aromatic carbocycles. The minimum absolute atomic E-state index is 0.0216. The Morgan fingerprint density at radius 3 is 2.44 bits per heavy atom. The minimum atomic E-state index is 0.0216. The quantitative estimate of drug-likeness (QED) is 0.745. The topological polar surface area (TPSA) is 44.1 Å². The summed E-state index contributed by atoms with van der Waals surface area (Å²) in [6, 6.07) is 9.88. The van der Waals surface area contributed by atoms with E-state index in [1.54, 1.807) is 0 Å². The Hall–Kier alpha value is -2.08. The molecule has 0 saturated carbocycles. The van der Waals surface area contributed by atoms with Crippen LogP contribution >= 0.6 is 0 Å². The number of rotatable bonds is 2. The van der Waals surface area contributed by atoms with Gasteiger partial charge in [0, 0.05) is 13.1 Å². The fraction of sp³-hybridized carbons (Fsp3) is 0.333. The van der Waals surface area contributed by atoms with Crippen molar-refractivity contribution in [2.75, 3.05) is 13.1 Å². The molecule has 0 radical (unpaired) electrons. The second kappa shape index (κ2) is 5.50. The lowest BCUT2D eigenvalue weighted by Gasteiger charge is -2.31. The van der Waals surface area contributed by atoms with Crippen molar-refractivity contribution in [3.8, 4) is 6.07 Å². The summed E-state index contributed by atoms with van der Waals surface area (Å²) < 4.78 is 0. The zero-order valence-corrected chi connectivity index (χ0v) is 10.3. The van der Waals surface area contributed by atoms with E-state index in [1.807, 2.05) is 29.2 Å². The van der Waals surface area contributed by atoms with E-state index in [0.717, 1.165) is 25.9 Å². The van der Waals surface area contributed by atoms with Gasteiger partial charge in [-0.05, 0) is 42.5 Å². The summed E-state index contributed by atoms with van der Waals surface area (Å²) in [5, 5.41) is 8.76. The number of hydrogen-bond acceptors (Lipinski definition) is 2. The van der Waals surface area contributed by atoms with E-state index in [-0.39, 0.29) is 5.91 Å². The summed E-state index contributed by atoms with van der Waals surface area (Å²) in [5.41, 5.74) is 1.96. The van der Waals surface area contributed by atoms with Crippen LogP contribution < -0.4 is 0 Å². The van der Waals surface area contributed by atoms with E-state index in [4.69, 9.17) is 5.26 Å². The molecule has 1 heterocycles. The lowest BCUT2D eigenvalue weighted by Crippen LogP contribution is -2.36. The van der Waals surface area contributed by atoms with Crippen molar-refractivity contribution in [1.29, 1.82) is 5.26 Å². The standard InChI is InChI=1S/C15H16N2O/c1-2-15(18)17-9-7-14(8-10-17)13-5-3-12(11-16)4-6-13/h2-6,14H,1,7-10H2. The number of amides is 1. The Bertz CT molecular complexity index is 476. The van der Waals surface area contributed by atoms with Crippen LogP contribution in [-0.4, -0.2) is 23.9 Å². The van der Waals surface area contributed by atoms with Gasteiger partial charge in [0.25, 0.3) is 0 Å². The number of nitriles is 1. The Balaban J connectivity index is 1.99. The first-order valence-electron chi connectivity index (χ1n) is 6.16. The van der Waals surface area contributed by atoms with Crippen molar-refractivity contribution in [3.63, 3.8) is 0 Å². The van der Waals surface area contributed by atoms with Crippen molar-refractivity contribution >= 4 is 5.91 Å². The van der Waals surface area contributed by atoms with Crippen LogP contribution in [0.4, 0.5) is 0 Å². The molecule has 1 aliphatic heterocycles. The molecule has 1 saturated heterocycles. The number of likely N-dealkylation sites (tertiary alicyclic amines) is 1. The Morgan fingerprint density at radius 1 is 1.33 bits per heavy atom. The number of carbonyl (C=O) groups excluding carboxylic acids is 1. The zero-order chi connectivity index (χ0) is 13.0. The van der Waals surface area contributed by atoms with Crippen LogP contribution in [0.2, 0.25) is 0 Å². The lowest BCUT2D eigenvalue weighted by molar-refractivity contribution is -0.127. The van der Waals surface area contributed by atoms with Gasteiger partial charge in [0.2, 0.25) is 5.91 Å². The Kier molecular flexibility index (Phi) is 3.78. The summed E-state index contributed by atoms with van der Waals surface area (Å²) in [4.78, 5) is 13.3. The minimum Gasteiger partial charge on any atom is -0.339 e. The lowest BCUT2D eigenvalue weighted by atomic mass is 9.89. The number of piperidine rings is 1. The van der Waals surface area contributed by atoms with Gasteiger partial charge in [0.15, 0.2) is 0 Å². The number of nitrogens with zero attached hydrogens (tertiary/aromatic N) is 2. The molecule has 1 amide bonds. The molecular formula is C15H16N2O. The Morgan fingerprint density at radius 2 is 1.94 bits per heavy atom. The maximum atomic E-state index is 11.5. The van der Waals surface area contributed by atoms with Crippen LogP contribution in [0, 0.1) is 11.3 Å². The van der Waals surface area contributed by atoms with Crippen LogP contribution in [0.1, 0.15) is 29.9 Å². The first kappa shape index (κ1) is 12.4. The number of hydrogen-bond donors (Lipinski definition) is 0. The highest BCUT2D eigenvalue weighted by atomic mass is 16.2. The third-order valence-electron chi connectivity index (χ3n) is 3.49. The molecule has 0 unspecified atom stereocenters. The van der Waals surface area contributed by atoms with Crippen molar-refractivity contribution in [2.45, 2.75) is 18.8 Å². The summed E-state index contributed by atoms with van der Waals surface area (Å²) in [5.74, 6) is 0.514. The molecule has 1 aliphatic rings. The molecule has 18 heavy (non-hydrogen) atoms. The normalized spacial score (nSPS) is 16.1. The fourth-order valence-electron chi connectivity index (χ4n) is 2.39. The predicted octanol–water partition coefficient (Wildman–Crippen LogP) is 2.45. The Labute approximate surface area is 107 Å².